The number of aromatic nitrogens is 3. The van der Waals surface area contributed by atoms with Crippen molar-refractivity contribution in [2.45, 2.75) is 38.1 Å². The van der Waals surface area contributed by atoms with Gasteiger partial charge in [-0.25, -0.2) is 9.97 Å². The molecule has 20 heavy (non-hydrogen) atoms. The molecule has 6 heteroatoms. The van der Waals surface area contributed by atoms with Gasteiger partial charge in [-0.15, -0.1) is 11.6 Å². The Kier molecular flexibility index (Phi) is 3.82. The van der Waals surface area contributed by atoms with Crippen LogP contribution in [0.3, 0.4) is 0 Å². The number of nitrogens with zero attached hydrogens (tertiary/aromatic N) is 3. The number of aryl methyl sites for hydroxylation is 1. The molecule has 0 N–H and O–H groups in total. The fourth-order valence-corrected chi connectivity index (χ4v) is 4.24. The molecule has 1 unspecified atom stereocenters. The number of hydrogen-bond donors (Lipinski definition) is 0. The molecule has 0 bridgehead atoms. The molecule has 2 aromatic rings. The molecule has 0 spiro atoms. The van der Waals surface area contributed by atoms with Gasteiger partial charge >= 0.3 is 0 Å². The van der Waals surface area contributed by atoms with Crippen molar-refractivity contribution >= 4 is 33.6 Å². The minimum Gasteiger partial charge on any atom is -0.308 e. The highest BCUT2D eigenvalue weighted by molar-refractivity contribution is 7.85. The van der Waals surface area contributed by atoms with Gasteiger partial charge in [-0.3, -0.25) is 4.21 Å². The van der Waals surface area contributed by atoms with Gasteiger partial charge < -0.3 is 4.57 Å². The van der Waals surface area contributed by atoms with Crippen molar-refractivity contribution in [3.8, 4) is 0 Å². The molecular weight excluding hydrogens is 294 g/mol. The van der Waals surface area contributed by atoms with Crippen molar-refractivity contribution in [1.29, 1.82) is 0 Å². The lowest BCUT2D eigenvalue weighted by Crippen LogP contribution is -2.23. The fourth-order valence-electron chi connectivity index (χ4n) is 2.81. The number of alkyl halides is 1. The zero-order valence-electron chi connectivity index (χ0n) is 11.7. The topological polar surface area (TPSA) is 47.8 Å². The number of halogens is 1. The number of rotatable bonds is 2. The maximum atomic E-state index is 11.6. The summed E-state index contributed by atoms with van der Waals surface area (Å²) in [6.45, 7) is 3.98. The highest BCUT2D eigenvalue weighted by atomic mass is 35.5. The van der Waals surface area contributed by atoms with Crippen molar-refractivity contribution in [3.05, 3.63) is 23.7 Å². The van der Waals surface area contributed by atoms with E-state index < -0.39 is 10.8 Å². The molecule has 3 heterocycles. The third-order valence-corrected chi connectivity index (χ3v) is 5.46. The standard InChI is InChI=1S/C14H18ClN3OS/c1-9-3-6-16-14-12(9)17-13(10(2)15)18(14)11-4-7-20(19)8-5-11/h3,6,10-11H,4-5,7-8H2,1-2H3. The Morgan fingerprint density at radius 1 is 1.45 bits per heavy atom. The molecule has 0 saturated carbocycles. The van der Waals surface area contributed by atoms with E-state index in [1.807, 2.05) is 26.1 Å². The van der Waals surface area contributed by atoms with Crippen LogP contribution in [0.15, 0.2) is 12.3 Å². The molecule has 0 amide bonds. The molecule has 3 rings (SSSR count). The number of fused-ring (bicyclic) bond motifs is 1. The van der Waals surface area contributed by atoms with E-state index in [2.05, 4.69) is 9.55 Å². The van der Waals surface area contributed by atoms with Crippen LogP contribution in [0.1, 0.15) is 42.6 Å². The van der Waals surface area contributed by atoms with Crippen molar-refractivity contribution in [2.24, 2.45) is 0 Å². The molecule has 108 valence electrons. The predicted octanol–water partition coefficient (Wildman–Crippen LogP) is 3.12. The molecule has 1 fully saturated rings. The average molecular weight is 312 g/mol. The normalized spacial score (nSPS) is 24.9. The Labute approximate surface area is 126 Å². The average Bonchev–Trinajstić information content (AvgIpc) is 2.81. The van der Waals surface area contributed by atoms with Gasteiger partial charge in [0.15, 0.2) is 5.65 Å². The van der Waals surface area contributed by atoms with Gasteiger partial charge in [0.05, 0.1) is 5.38 Å². The molecule has 1 aliphatic heterocycles. The maximum Gasteiger partial charge on any atom is 0.160 e. The Hall–Kier alpha value is -0.940. The molecule has 1 atom stereocenters. The second-order valence-corrected chi connectivity index (χ2v) is 7.69. The molecule has 4 nitrogen and oxygen atoms in total. The first-order valence-corrected chi connectivity index (χ1v) is 8.83. The summed E-state index contributed by atoms with van der Waals surface area (Å²) in [5.41, 5.74) is 2.96. The summed E-state index contributed by atoms with van der Waals surface area (Å²) in [6, 6.07) is 2.28. The summed E-state index contributed by atoms with van der Waals surface area (Å²) in [4.78, 5) is 9.20. The summed E-state index contributed by atoms with van der Waals surface area (Å²) >= 11 is 6.31. The Bertz CT molecular complexity index is 658. The van der Waals surface area contributed by atoms with Crippen molar-refractivity contribution in [3.63, 3.8) is 0 Å². The van der Waals surface area contributed by atoms with Gasteiger partial charge in [0, 0.05) is 34.5 Å². The highest BCUT2D eigenvalue weighted by Crippen LogP contribution is 2.32. The summed E-state index contributed by atoms with van der Waals surface area (Å²) in [5, 5.41) is -0.156. The van der Waals surface area contributed by atoms with Crippen LogP contribution in [0.4, 0.5) is 0 Å². The quantitative estimate of drug-likeness (QED) is 0.801. The van der Waals surface area contributed by atoms with E-state index in [0.29, 0.717) is 6.04 Å². The Morgan fingerprint density at radius 3 is 2.80 bits per heavy atom. The van der Waals surface area contributed by atoms with E-state index in [4.69, 9.17) is 16.6 Å². The summed E-state index contributed by atoms with van der Waals surface area (Å²) < 4.78 is 13.7. The van der Waals surface area contributed by atoms with Gasteiger partial charge in [0.25, 0.3) is 0 Å². The van der Waals surface area contributed by atoms with Crippen LogP contribution in [-0.4, -0.2) is 30.2 Å². The second kappa shape index (κ2) is 5.45. The summed E-state index contributed by atoms with van der Waals surface area (Å²) in [5.74, 6) is 2.39. The minimum absolute atomic E-state index is 0.156. The SMILES string of the molecule is Cc1ccnc2c1nc(C(C)Cl)n2C1CCS(=O)CC1. The van der Waals surface area contributed by atoms with E-state index in [1.165, 1.54) is 0 Å². The largest absolute Gasteiger partial charge is 0.308 e. The fraction of sp³-hybridized carbons (Fsp3) is 0.571. The Balaban J connectivity index is 2.14. The van der Waals surface area contributed by atoms with Crippen molar-refractivity contribution in [1.82, 2.24) is 14.5 Å². The third kappa shape index (κ3) is 2.37. The van der Waals surface area contributed by atoms with Crippen LogP contribution < -0.4 is 0 Å². The van der Waals surface area contributed by atoms with Crippen LogP contribution >= 0.6 is 11.6 Å². The van der Waals surface area contributed by atoms with Gasteiger partial charge in [-0.1, -0.05) is 0 Å². The molecule has 0 aliphatic carbocycles. The van der Waals surface area contributed by atoms with Crippen LogP contribution in [0.2, 0.25) is 0 Å². The van der Waals surface area contributed by atoms with E-state index >= 15 is 0 Å². The lowest BCUT2D eigenvalue weighted by Gasteiger charge is -2.25. The lowest BCUT2D eigenvalue weighted by molar-refractivity contribution is 0.455. The third-order valence-electron chi connectivity index (χ3n) is 3.89. The highest BCUT2D eigenvalue weighted by Gasteiger charge is 2.26. The van der Waals surface area contributed by atoms with E-state index in [9.17, 15) is 4.21 Å². The van der Waals surface area contributed by atoms with Crippen molar-refractivity contribution < 1.29 is 4.21 Å². The molecule has 1 saturated heterocycles. The minimum atomic E-state index is -0.665. The summed E-state index contributed by atoms with van der Waals surface area (Å²) in [6.07, 6.45) is 3.63. The first-order valence-electron chi connectivity index (χ1n) is 6.90. The molecule has 2 aromatic heterocycles. The first kappa shape index (κ1) is 14.0. The predicted molar refractivity (Wildman–Crippen MR) is 82.7 cm³/mol. The molecule has 0 aromatic carbocycles. The van der Waals surface area contributed by atoms with Crippen LogP contribution in [-0.2, 0) is 10.8 Å². The van der Waals surface area contributed by atoms with Gasteiger partial charge in [0.1, 0.15) is 11.3 Å². The van der Waals surface area contributed by atoms with Gasteiger partial charge in [-0.2, -0.15) is 0 Å². The van der Waals surface area contributed by atoms with E-state index in [1.54, 1.807) is 0 Å². The van der Waals surface area contributed by atoms with Crippen LogP contribution in [0.5, 0.6) is 0 Å². The second-order valence-electron chi connectivity index (χ2n) is 5.34. The first-order chi connectivity index (χ1) is 9.58. The zero-order chi connectivity index (χ0) is 14.3. The van der Waals surface area contributed by atoms with Crippen LogP contribution in [0, 0.1) is 6.92 Å². The zero-order valence-corrected chi connectivity index (χ0v) is 13.2. The van der Waals surface area contributed by atoms with Gasteiger partial charge in [0.2, 0.25) is 0 Å². The number of imidazole rings is 1. The Morgan fingerprint density at radius 2 is 2.15 bits per heavy atom. The number of hydrogen-bond acceptors (Lipinski definition) is 3. The lowest BCUT2D eigenvalue weighted by atomic mass is 10.1. The molecular formula is C14H18ClN3OS. The van der Waals surface area contributed by atoms with E-state index in [0.717, 1.165) is 46.9 Å². The van der Waals surface area contributed by atoms with Gasteiger partial charge in [-0.05, 0) is 38.3 Å². The monoisotopic (exact) mass is 311 g/mol. The molecule has 0 radical (unpaired) electrons. The maximum absolute atomic E-state index is 11.6. The van der Waals surface area contributed by atoms with E-state index in [-0.39, 0.29) is 5.38 Å². The summed E-state index contributed by atoms with van der Waals surface area (Å²) in [7, 11) is -0.665. The smallest absolute Gasteiger partial charge is 0.160 e. The number of pyridine rings is 1. The molecule has 1 aliphatic rings. The van der Waals surface area contributed by atoms with Crippen LogP contribution in [0.25, 0.3) is 11.2 Å². The van der Waals surface area contributed by atoms with Crippen molar-refractivity contribution in [2.75, 3.05) is 11.5 Å².